The van der Waals surface area contributed by atoms with Crippen LogP contribution in [-0.4, -0.2) is 40.3 Å². The molecule has 1 rings (SSSR count). The zero-order chi connectivity index (χ0) is 21.0. The van der Waals surface area contributed by atoms with Gasteiger partial charge in [-0.05, 0) is 49.9 Å². The molecule has 0 heterocycles. The molecule has 3 N–H and O–H groups in total. The molecule has 1 fully saturated rings. The quantitative estimate of drug-likeness (QED) is 0.207. The lowest BCUT2D eigenvalue weighted by Crippen LogP contribution is -2.40. The Bertz CT molecular complexity index is 464. The summed E-state index contributed by atoms with van der Waals surface area (Å²) in [5, 5.41) is 29.2. The fourth-order valence-electron chi connectivity index (χ4n) is 4.37. The molecule has 164 valence electrons. The van der Waals surface area contributed by atoms with Gasteiger partial charge in [-0.3, -0.25) is 0 Å². The Kier molecular flexibility index (Phi) is 12.0. The smallest absolute Gasteiger partial charge is 0.364 e. The minimum atomic E-state index is -2.08. The molecule has 0 bridgehead atoms. The number of unbranched alkanes of at least 4 members (excludes halogenated alkanes) is 3. The average molecular weight is 399 g/mol. The first-order chi connectivity index (χ1) is 13.4. The summed E-state index contributed by atoms with van der Waals surface area (Å²) in [7, 11) is 1.21. The largest absolute Gasteiger partial charge is 0.477 e. The summed E-state index contributed by atoms with van der Waals surface area (Å²) in [5.41, 5.74) is 0. The molecule has 0 spiro atoms. The molecule has 5 nitrogen and oxygen atoms in total. The zero-order valence-electron chi connectivity index (χ0n) is 18.1. The van der Waals surface area contributed by atoms with E-state index in [1.165, 1.54) is 32.8 Å². The van der Waals surface area contributed by atoms with Crippen LogP contribution in [0.15, 0.2) is 12.2 Å². The van der Waals surface area contributed by atoms with Crippen molar-refractivity contribution in [1.82, 2.24) is 0 Å². The number of aliphatic hydroxyl groups is 2. The second-order valence-electron chi connectivity index (χ2n) is 8.45. The number of methoxy groups -OCH3 is 1. The van der Waals surface area contributed by atoms with Gasteiger partial charge in [0.1, 0.15) is 0 Å². The van der Waals surface area contributed by atoms with Gasteiger partial charge < -0.3 is 20.1 Å². The van der Waals surface area contributed by atoms with Crippen LogP contribution in [0, 0.1) is 17.8 Å². The van der Waals surface area contributed by atoms with Gasteiger partial charge in [-0.15, -0.1) is 0 Å². The number of rotatable bonds is 15. The Labute approximate surface area is 171 Å². The van der Waals surface area contributed by atoms with E-state index in [9.17, 15) is 15.0 Å². The molecular weight excluding hydrogens is 356 g/mol. The van der Waals surface area contributed by atoms with Gasteiger partial charge in [0.05, 0.1) is 6.10 Å². The molecule has 1 aliphatic carbocycles. The van der Waals surface area contributed by atoms with Crippen LogP contribution in [0.25, 0.3) is 0 Å². The summed E-state index contributed by atoms with van der Waals surface area (Å²) in [5.74, 6) is -1.89. The molecule has 0 radical (unpaired) electrons. The molecular formula is C23H42O5. The van der Waals surface area contributed by atoms with Crippen molar-refractivity contribution in [2.45, 2.75) is 103 Å². The molecule has 0 saturated heterocycles. The number of ether oxygens (including phenoxy) is 1. The maximum Gasteiger partial charge on any atom is 0.364 e. The van der Waals surface area contributed by atoms with Gasteiger partial charge in [0.15, 0.2) is 0 Å². The standard InChI is InChI=1S/C23H42O5/c1-4-6-11-18(5-2)12-10-13-19-15-16-21(24)20(19)14-8-7-9-17-23(27,28-3)22(25)26/h10,13,18-21,24,27H,4-9,11-12,14-17H2,1-3H3,(H,25,26)/t18?,19-,20+,21-,23?/m0/s1. The second-order valence-corrected chi connectivity index (χ2v) is 8.45. The van der Waals surface area contributed by atoms with Crippen LogP contribution in [0.5, 0.6) is 0 Å². The van der Waals surface area contributed by atoms with Crippen molar-refractivity contribution in [3.8, 4) is 0 Å². The SMILES string of the molecule is CCCCC(CC)CC=C[C@H]1CC[C@H](O)[C@@H]1CCCCCC(O)(OC)C(=O)O. The van der Waals surface area contributed by atoms with Gasteiger partial charge in [0, 0.05) is 13.5 Å². The molecule has 1 saturated carbocycles. The van der Waals surface area contributed by atoms with Crippen LogP contribution in [0.4, 0.5) is 0 Å². The van der Waals surface area contributed by atoms with Crippen molar-refractivity contribution >= 4 is 5.97 Å². The monoisotopic (exact) mass is 398 g/mol. The van der Waals surface area contributed by atoms with Gasteiger partial charge in [-0.1, -0.05) is 64.5 Å². The van der Waals surface area contributed by atoms with Gasteiger partial charge in [0.25, 0.3) is 5.79 Å². The van der Waals surface area contributed by atoms with Gasteiger partial charge in [-0.2, -0.15) is 0 Å². The van der Waals surface area contributed by atoms with Gasteiger partial charge >= 0.3 is 5.97 Å². The minimum absolute atomic E-state index is 0.0888. The number of hydrogen-bond donors (Lipinski definition) is 3. The van der Waals surface area contributed by atoms with Crippen LogP contribution in [0.1, 0.15) is 90.9 Å². The van der Waals surface area contributed by atoms with Crippen molar-refractivity contribution in [3.05, 3.63) is 12.2 Å². The Morgan fingerprint density at radius 1 is 1.21 bits per heavy atom. The first kappa shape index (κ1) is 25.1. The Hall–Kier alpha value is -0.910. The summed E-state index contributed by atoms with van der Waals surface area (Å²) in [6.07, 6.45) is 16.0. The molecule has 5 heteroatoms. The van der Waals surface area contributed by atoms with E-state index in [-0.39, 0.29) is 12.5 Å². The molecule has 0 aromatic rings. The highest BCUT2D eigenvalue weighted by molar-refractivity contribution is 5.75. The predicted octanol–water partition coefficient (Wildman–Crippen LogP) is 4.91. The third kappa shape index (κ3) is 8.22. The summed E-state index contributed by atoms with van der Waals surface area (Å²) < 4.78 is 4.72. The summed E-state index contributed by atoms with van der Waals surface area (Å²) in [6, 6.07) is 0. The number of hydrogen-bond acceptors (Lipinski definition) is 4. The van der Waals surface area contributed by atoms with E-state index in [1.54, 1.807) is 0 Å². The number of carbonyl (C=O) groups is 1. The number of carboxylic acid groups (broad SMARTS) is 1. The highest BCUT2D eigenvalue weighted by atomic mass is 16.6. The van der Waals surface area contributed by atoms with E-state index in [2.05, 4.69) is 26.0 Å². The molecule has 1 aliphatic rings. The third-order valence-electron chi connectivity index (χ3n) is 6.46. The Balaban J connectivity index is 2.38. The van der Waals surface area contributed by atoms with Crippen LogP contribution in [0.3, 0.4) is 0 Å². The van der Waals surface area contributed by atoms with Crippen LogP contribution in [0.2, 0.25) is 0 Å². The zero-order valence-corrected chi connectivity index (χ0v) is 18.1. The maximum atomic E-state index is 11.0. The first-order valence-corrected chi connectivity index (χ1v) is 11.2. The molecule has 0 aromatic heterocycles. The first-order valence-electron chi connectivity index (χ1n) is 11.2. The van der Waals surface area contributed by atoms with Crippen LogP contribution in [-0.2, 0) is 9.53 Å². The Morgan fingerprint density at radius 2 is 1.96 bits per heavy atom. The number of aliphatic carboxylic acids is 1. The topological polar surface area (TPSA) is 87.0 Å². The fourth-order valence-corrected chi connectivity index (χ4v) is 4.37. The molecule has 0 amide bonds. The van der Waals surface area contributed by atoms with Crippen molar-refractivity contribution in [3.63, 3.8) is 0 Å². The van der Waals surface area contributed by atoms with E-state index >= 15 is 0 Å². The van der Waals surface area contributed by atoms with E-state index in [1.807, 2.05) is 0 Å². The Morgan fingerprint density at radius 3 is 2.57 bits per heavy atom. The number of carboxylic acids is 1. The van der Waals surface area contributed by atoms with E-state index in [0.29, 0.717) is 18.3 Å². The lowest BCUT2D eigenvalue weighted by atomic mass is 9.88. The minimum Gasteiger partial charge on any atom is -0.477 e. The van der Waals surface area contributed by atoms with E-state index < -0.39 is 11.8 Å². The number of aliphatic hydroxyl groups excluding tert-OH is 1. The van der Waals surface area contributed by atoms with Crippen molar-refractivity contribution < 1.29 is 24.9 Å². The molecule has 0 aromatic carbocycles. The third-order valence-corrected chi connectivity index (χ3v) is 6.46. The van der Waals surface area contributed by atoms with Gasteiger partial charge in [-0.25, -0.2) is 4.79 Å². The fraction of sp³-hybridized carbons (Fsp3) is 0.870. The van der Waals surface area contributed by atoms with Crippen molar-refractivity contribution in [2.24, 2.45) is 17.8 Å². The van der Waals surface area contributed by atoms with Crippen LogP contribution < -0.4 is 0 Å². The highest BCUT2D eigenvalue weighted by Gasteiger charge is 2.36. The van der Waals surface area contributed by atoms with Crippen molar-refractivity contribution in [1.29, 1.82) is 0 Å². The van der Waals surface area contributed by atoms with Crippen LogP contribution >= 0.6 is 0 Å². The highest BCUT2D eigenvalue weighted by Crippen LogP contribution is 2.37. The predicted molar refractivity (Wildman–Crippen MR) is 112 cm³/mol. The lowest BCUT2D eigenvalue weighted by Gasteiger charge is -2.22. The van der Waals surface area contributed by atoms with Gasteiger partial charge in [0.2, 0.25) is 0 Å². The lowest BCUT2D eigenvalue weighted by molar-refractivity contribution is -0.216. The number of allylic oxidation sites excluding steroid dienone is 2. The summed E-state index contributed by atoms with van der Waals surface area (Å²) in [6.45, 7) is 4.51. The average Bonchev–Trinajstić information content (AvgIpc) is 3.03. The normalized spacial score (nSPS) is 25.8. The summed E-state index contributed by atoms with van der Waals surface area (Å²) >= 11 is 0. The molecule has 0 aliphatic heterocycles. The van der Waals surface area contributed by atoms with Crippen molar-refractivity contribution in [2.75, 3.05) is 7.11 Å². The summed E-state index contributed by atoms with van der Waals surface area (Å²) in [4.78, 5) is 11.0. The van der Waals surface area contributed by atoms with E-state index in [0.717, 1.165) is 44.4 Å². The molecule has 2 unspecified atom stereocenters. The second kappa shape index (κ2) is 13.3. The van der Waals surface area contributed by atoms with E-state index in [4.69, 9.17) is 9.84 Å². The molecule has 28 heavy (non-hydrogen) atoms. The maximum absolute atomic E-state index is 11.0. The molecule has 5 atom stereocenters.